The molecule has 6 nitrogen and oxygen atoms in total. The van der Waals surface area contributed by atoms with Gasteiger partial charge in [-0.2, -0.15) is 0 Å². The molecular formula is C11H18N4O2. The van der Waals surface area contributed by atoms with Crippen LogP contribution in [-0.2, 0) is 9.59 Å². The van der Waals surface area contributed by atoms with Crippen LogP contribution in [0.5, 0.6) is 0 Å². The number of hydrogen-bond acceptors (Lipinski definition) is 4. The molecular weight excluding hydrogens is 220 g/mol. The molecule has 1 aliphatic heterocycles. The van der Waals surface area contributed by atoms with E-state index < -0.39 is 0 Å². The van der Waals surface area contributed by atoms with Crippen molar-refractivity contribution in [2.75, 3.05) is 26.2 Å². The summed E-state index contributed by atoms with van der Waals surface area (Å²) < 4.78 is 0. The Bertz CT molecular complexity index is 287. The second kappa shape index (κ2) is 6.82. The molecule has 1 fully saturated rings. The zero-order valence-electron chi connectivity index (χ0n) is 9.82. The Morgan fingerprint density at radius 3 is 1.65 bits per heavy atom. The van der Waals surface area contributed by atoms with Crippen molar-refractivity contribution < 1.29 is 9.59 Å². The summed E-state index contributed by atoms with van der Waals surface area (Å²) in [5.74, 6) is -0.429. The second-order valence-electron chi connectivity index (χ2n) is 3.69. The van der Waals surface area contributed by atoms with E-state index in [1.54, 1.807) is 0 Å². The first kappa shape index (κ1) is 13.4. The van der Waals surface area contributed by atoms with Gasteiger partial charge in [0.15, 0.2) is 0 Å². The number of carbonyl (C=O) groups excluding carboxylic acids is 2. The molecule has 0 saturated carbocycles. The van der Waals surface area contributed by atoms with Crippen LogP contribution in [0.3, 0.4) is 0 Å². The lowest BCUT2D eigenvalue weighted by molar-refractivity contribution is -0.122. The Kier molecular flexibility index (Phi) is 5.38. The van der Waals surface area contributed by atoms with Gasteiger partial charge in [0.1, 0.15) is 0 Å². The maximum Gasteiger partial charge on any atom is 0.257 e. The minimum absolute atomic E-state index is 0.214. The Morgan fingerprint density at radius 1 is 0.882 bits per heavy atom. The molecule has 0 aromatic rings. The predicted molar refractivity (Wildman–Crippen MR) is 64.4 cm³/mol. The average molecular weight is 238 g/mol. The van der Waals surface area contributed by atoms with Gasteiger partial charge in [0.05, 0.1) is 0 Å². The molecule has 0 aromatic carbocycles. The third kappa shape index (κ3) is 4.80. The number of hydrogen-bond donors (Lipinski definition) is 2. The monoisotopic (exact) mass is 238 g/mol. The van der Waals surface area contributed by atoms with Crippen LogP contribution in [0.4, 0.5) is 0 Å². The molecule has 0 unspecified atom stereocenters. The van der Waals surface area contributed by atoms with Crippen molar-refractivity contribution in [3.8, 4) is 0 Å². The first-order valence-corrected chi connectivity index (χ1v) is 5.51. The molecule has 2 N–H and O–H groups in total. The van der Waals surface area contributed by atoms with Gasteiger partial charge in [-0.3, -0.25) is 20.4 Å². The summed E-state index contributed by atoms with van der Waals surface area (Å²) in [6.45, 7) is 9.60. The van der Waals surface area contributed by atoms with Gasteiger partial charge in [-0.25, -0.2) is 10.0 Å². The van der Waals surface area contributed by atoms with Crippen molar-refractivity contribution in [3.63, 3.8) is 0 Å². The second-order valence-corrected chi connectivity index (χ2v) is 3.69. The number of nitrogens with zero attached hydrogens (tertiary/aromatic N) is 2. The third-order valence-corrected chi connectivity index (χ3v) is 2.40. The zero-order valence-corrected chi connectivity index (χ0v) is 9.82. The van der Waals surface area contributed by atoms with Crippen LogP contribution in [0, 0.1) is 0 Å². The topological polar surface area (TPSA) is 64.7 Å². The quantitative estimate of drug-likeness (QED) is 0.644. The predicted octanol–water partition coefficient (Wildman–Crippen LogP) is -0.571. The fourth-order valence-corrected chi connectivity index (χ4v) is 1.54. The van der Waals surface area contributed by atoms with Gasteiger partial charge >= 0.3 is 0 Å². The summed E-state index contributed by atoms with van der Waals surface area (Å²) in [6.07, 6.45) is 3.33. The van der Waals surface area contributed by atoms with Gasteiger partial charge in [-0.05, 0) is 18.6 Å². The highest BCUT2D eigenvalue weighted by molar-refractivity contribution is 5.86. The van der Waals surface area contributed by atoms with Crippen LogP contribution in [0.2, 0.25) is 0 Å². The number of rotatable bonds is 4. The molecule has 6 heteroatoms. The summed E-state index contributed by atoms with van der Waals surface area (Å²) in [5, 5.41) is 3.65. The highest BCUT2D eigenvalue weighted by atomic mass is 16.2. The van der Waals surface area contributed by atoms with E-state index in [0.717, 1.165) is 19.5 Å². The molecule has 0 aromatic heterocycles. The molecule has 1 rings (SSSR count). The van der Waals surface area contributed by atoms with Crippen molar-refractivity contribution >= 4 is 11.8 Å². The SMILES string of the molecule is C=CC(=O)NN1CCCN(NC(=O)C=C)CC1. The summed E-state index contributed by atoms with van der Waals surface area (Å²) in [7, 11) is 0. The van der Waals surface area contributed by atoms with E-state index in [1.165, 1.54) is 12.2 Å². The molecule has 1 aliphatic rings. The van der Waals surface area contributed by atoms with E-state index in [2.05, 4.69) is 24.0 Å². The number of hydrazine groups is 2. The summed E-state index contributed by atoms with van der Waals surface area (Å²) >= 11 is 0. The average Bonchev–Trinajstić information content (AvgIpc) is 2.54. The Morgan fingerprint density at radius 2 is 1.29 bits per heavy atom. The van der Waals surface area contributed by atoms with E-state index in [4.69, 9.17) is 0 Å². The first-order chi connectivity index (χ1) is 8.15. The van der Waals surface area contributed by atoms with Crippen LogP contribution < -0.4 is 10.9 Å². The van der Waals surface area contributed by atoms with Crippen molar-refractivity contribution in [1.29, 1.82) is 0 Å². The lowest BCUT2D eigenvalue weighted by atomic mass is 10.4. The highest BCUT2D eigenvalue weighted by Gasteiger charge is 2.16. The number of amides is 2. The fourth-order valence-electron chi connectivity index (χ4n) is 1.54. The van der Waals surface area contributed by atoms with Crippen LogP contribution in [-0.4, -0.2) is 48.0 Å². The van der Waals surface area contributed by atoms with Gasteiger partial charge in [-0.15, -0.1) is 0 Å². The minimum Gasteiger partial charge on any atom is -0.285 e. The summed E-state index contributed by atoms with van der Waals surface area (Å²) in [5.41, 5.74) is 5.43. The van der Waals surface area contributed by atoms with Gasteiger partial charge in [0.25, 0.3) is 11.8 Å². The highest BCUT2D eigenvalue weighted by Crippen LogP contribution is 1.98. The maximum atomic E-state index is 11.1. The molecule has 0 bridgehead atoms. The lowest BCUT2D eigenvalue weighted by Crippen LogP contribution is -2.46. The first-order valence-electron chi connectivity index (χ1n) is 5.51. The van der Waals surface area contributed by atoms with Crippen LogP contribution >= 0.6 is 0 Å². The Labute approximate surface area is 101 Å². The molecule has 0 atom stereocenters. The molecule has 0 spiro atoms. The fraction of sp³-hybridized carbons (Fsp3) is 0.455. The van der Waals surface area contributed by atoms with Crippen molar-refractivity contribution in [1.82, 2.24) is 20.9 Å². The van der Waals surface area contributed by atoms with E-state index in [0.29, 0.717) is 13.1 Å². The van der Waals surface area contributed by atoms with E-state index in [9.17, 15) is 9.59 Å². The van der Waals surface area contributed by atoms with Gasteiger partial charge in [-0.1, -0.05) is 13.2 Å². The molecule has 1 saturated heterocycles. The van der Waals surface area contributed by atoms with E-state index in [-0.39, 0.29) is 11.8 Å². The molecule has 94 valence electrons. The van der Waals surface area contributed by atoms with Gasteiger partial charge in [0, 0.05) is 26.2 Å². The Balaban J connectivity index is 2.38. The van der Waals surface area contributed by atoms with E-state index in [1.807, 2.05) is 10.0 Å². The molecule has 0 radical (unpaired) electrons. The normalized spacial score (nSPS) is 17.9. The standard InChI is InChI=1S/C11H18N4O2/c1-3-10(16)12-14-6-5-7-15(9-8-14)13-11(17)4-2/h3-4H,1-2,5-9H2,(H,12,16)(H,13,17). The molecule has 2 amide bonds. The largest absolute Gasteiger partial charge is 0.285 e. The van der Waals surface area contributed by atoms with Crippen LogP contribution in [0.15, 0.2) is 25.3 Å². The zero-order chi connectivity index (χ0) is 12.7. The molecule has 0 aliphatic carbocycles. The van der Waals surface area contributed by atoms with Gasteiger partial charge < -0.3 is 0 Å². The number of nitrogens with one attached hydrogen (secondary N) is 2. The van der Waals surface area contributed by atoms with Crippen molar-refractivity contribution in [3.05, 3.63) is 25.3 Å². The van der Waals surface area contributed by atoms with E-state index >= 15 is 0 Å². The van der Waals surface area contributed by atoms with Crippen molar-refractivity contribution in [2.24, 2.45) is 0 Å². The minimum atomic E-state index is -0.214. The maximum absolute atomic E-state index is 11.1. The molecule has 1 heterocycles. The number of carbonyl (C=O) groups is 2. The van der Waals surface area contributed by atoms with Gasteiger partial charge in [0.2, 0.25) is 0 Å². The smallest absolute Gasteiger partial charge is 0.257 e. The summed E-state index contributed by atoms with van der Waals surface area (Å²) in [6, 6.07) is 0. The molecule has 17 heavy (non-hydrogen) atoms. The van der Waals surface area contributed by atoms with Crippen molar-refractivity contribution in [2.45, 2.75) is 6.42 Å². The van der Waals surface area contributed by atoms with Crippen LogP contribution in [0.1, 0.15) is 6.42 Å². The Hall–Kier alpha value is -1.66. The lowest BCUT2D eigenvalue weighted by Gasteiger charge is -2.21. The summed E-state index contributed by atoms with van der Waals surface area (Å²) in [4.78, 5) is 22.3. The third-order valence-electron chi connectivity index (χ3n) is 2.40. The van der Waals surface area contributed by atoms with Crippen LogP contribution in [0.25, 0.3) is 0 Å².